The third kappa shape index (κ3) is 6.32. The van der Waals surface area contributed by atoms with Crippen molar-refractivity contribution in [2.24, 2.45) is 0 Å². The minimum atomic E-state index is -0.769. The number of aliphatic hydroxyl groups excluding tert-OH is 1. The molecule has 2 amide bonds. The predicted octanol–water partition coefficient (Wildman–Crippen LogP) is 2.63. The van der Waals surface area contributed by atoms with Gasteiger partial charge in [0, 0.05) is 13.1 Å². The fourth-order valence-corrected chi connectivity index (χ4v) is 4.86. The van der Waals surface area contributed by atoms with Gasteiger partial charge in [0.05, 0.1) is 32.5 Å². The van der Waals surface area contributed by atoms with Gasteiger partial charge in [0.1, 0.15) is 17.5 Å². The summed E-state index contributed by atoms with van der Waals surface area (Å²) >= 11 is 0. The fraction of sp³-hybridized carbons (Fsp3) is 0.481. The number of hydrogen-bond acceptors (Lipinski definition) is 6. The Morgan fingerprint density at radius 3 is 2.40 bits per heavy atom. The molecule has 0 aromatic heterocycles. The average molecular weight is 483 g/mol. The number of carbonyl (C=O) groups is 2. The van der Waals surface area contributed by atoms with Crippen LogP contribution >= 0.6 is 0 Å². The van der Waals surface area contributed by atoms with Crippen molar-refractivity contribution >= 4 is 11.8 Å². The first-order valence-electron chi connectivity index (χ1n) is 12.2. The maximum Gasteiger partial charge on any atom is 0.261 e. The van der Waals surface area contributed by atoms with Crippen LogP contribution in [-0.4, -0.2) is 78.3 Å². The summed E-state index contributed by atoms with van der Waals surface area (Å²) in [5, 5.41) is 10.8. The molecule has 2 saturated heterocycles. The largest absolute Gasteiger partial charge is 0.497 e. The molecule has 0 aliphatic carbocycles. The molecule has 188 valence electrons. The number of hydrogen-bond donors (Lipinski definition) is 1. The maximum atomic E-state index is 13.4. The zero-order valence-corrected chi connectivity index (χ0v) is 20.2. The molecule has 2 aromatic carbocycles. The SMILES string of the molecule is COc1ccc(OCC(=O)N2CCCC2C(=O)N2CCCC2C(O)COCc2ccccc2)cc1. The fourth-order valence-electron chi connectivity index (χ4n) is 4.86. The number of benzene rings is 2. The second-order valence-corrected chi connectivity index (χ2v) is 9.02. The van der Waals surface area contributed by atoms with Gasteiger partial charge in [0.15, 0.2) is 6.61 Å². The van der Waals surface area contributed by atoms with Crippen LogP contribution in [0.5, 0.6) is 11.5 Å². The summed E-state index contributed by atoms with van der Waals surface area (Å²) in [5.74, 6) is 0.977. The van der Waals surface area contributed by atoms with Crippen LogP contribution in [0.15, 0.2) is 54.6 Å². The molecule has 0 radical (unpaired) electrons. The molecule has 2 aromatic rings. The molecule has 2 aliphatic heterocycles. The van der Waals surface area contributed by atoms with Gasteiger partial charge in [-0.25, -0.2) is 0 Å². The van der Waals surface area contributed by atoms with E-state index in [1.807, 2.05) is 30.3 Å². The highest BCUT2D eigenvalue weighted by molar-refractivity contribution is 5.89. The van der Waals surface area contributed by atoms with Gasteiger partial charge >= 0.3 is 0 Å². The van der Waals surface area contributed by atoms with Crippen molar-refractivity contribution in [1.29, 1.82) is 0 Å². The van der Waals surface area contributed by atoms with E-state index in [1.54, 1.807) is 41.2 Å². The number of rotatable bonds is 10. The Kier molecular flexibility index (Phi) is 8.60. The standard InChI is InChI=1S/C27H34N2O6/c1-33-21-11-13-22(14-12-21)35-19-26(31)28-15-6-10-24(28)27(32)29-16-5-9-23(29)25(30)18-34-17-20-7-3-2-4-8-20/h2-4,7-8,11-14,23-25,30H,5-6,9-10,15-19H2,1H3. The highest BCUT2D eigenvalue weighted by atomic mass is 16.5. The number of nitrogens with zero attached hydrogens (tertiary/aromatic N) is 2. The summed E-state index contributed by atoms with van der Waals surface area (Å²) < 4.78 is 16.5. The normalized spacial score (nSPS) is 20.6. The van der Waals surface area contributed by atoms with Crippen molar-refractivity contribution in [3.8, 4) is 11.5 Å². The van der Waals surface area contributed by atoms with Crippen molar-refractivity contribution in [1.82, 2.24) is 9.80 Å². The molecule has 8 nitrogen and oxygen atoms in total. The van der Waals surface area contributed by atoms with Gasteiger partial charge in [-0.3, -0.25) is 9.59 Å². The van der Waals surface area contributed by atoms with E-state index in [1.165, 1.54) is 0 Å². The number of ether oxygens (including phenoxy) is 3. The number of carbonyl (C=O) groups excluding carboxylic acids is 2. The van der Waals surface area contributed by atoms with E-state index < -0.39 is 12.1 Å². The molecule has 0 bridgehead atoms. The Bertz CT molecular complexity index is 967. The van der Waals surface area contributed by atoms with Gasteiger partial charge in [-0.05, 0) is 55.5 Å². The first-order valence-corrected chi connectivity index (χ1v) is 12.2. The summed E-state index contributed by atoms with van der Waals surface area (Å²) in [6.07, 6.45) is 2.17. The van der Waals surface area contributed by atoms with Crippen molar-refractivity contribution in [3.05, 3.63) is 60.2 Å². The lowest BCUT2D eigenvalue weighted by Gasteiger charge is -2.33. The molecular formula is C27H34N2O6. The third-order valence-electron chi connectivity index (χ3n) is 6.71. The van der Waals surface area contributed by atoms with Crippen LogP contribution in [0.1, 0.15) is 31.2 Å². The van der Waals surface area contributed by atoms with Crippen molar-refractivity contribution in [3.63, 3.8) is 0 Å². The predicted molar refractivity (Wildman–Crippen MR) is 130 cm³/mol. The third-order valence-corrected chi connectivity index (χ3v) is 6.71. The first kappa shape index (κ1) is 25.0. The number of amides is 2. The Hall–Kier alpha value is -3.10. The number of methoxy groups -OCH3 is 1. The molecule has 2 heterocycles. The van der Waals surface area contributed by atoms with Crippen molar-refractivity contribution in [2.75, 3.05) is 33.4 Å². The molecule has 0 spiro atoms. The second-order valence-electron chi connectivity index (χ2n) is 9.02. The summed E-state index contributed by atoms with van der Waals surface area (Å²) in [6, 6.07) is 16.0. The van der Waals surface area contributed by atoms with Crippen LogP contribution in [0.4, 0.5) is 0 Å². The van der Waals surface area contributed by atoms with Crippen LogP contribution in [0.2, 0.25) is 0 Å². The molecule has 0 saturated carbocycles. The van der Waals surface area contributed by atoms with E-state index in [9.17, 15) is 14.7 Å². The van der Waals surface area contributed by atoms with Crippen molar-refractivity contribution < 1.29 is 28.9 Å². The molecule has 3 unspecified atom stereocenters. The molecule has 35 heavy (non-hydrogen) atoms. The van der Waals surface area contributed by atoms with Gasteiger partial charge in [0.25, 0.3) is 5.91 Å². The van der Waals surface area contributed by atoms with Crippen LogP contribution in [0.3, 0.4) is 0 Å². The molecule has 1 N–H and O–H groups in total. The van der Waals surface area contributed by atoms with E-state index in [2.05, 4.69) is 0 Å². The summed E-state index contributed by atoms with van der Waals surface area (Å²) in [6.45, 7) is 1.56. The highest BCUT2D eigenvalue weighted by Crippen LogP contribution is 2.27. The van der Waals surface area contributed by atoms with Gasteiger partial charge in [-0.15, -0.1) is 0 Å². The molecule has 2 aliphatic rings. The van der Waals surface area contributed by atoms with Crippen LogP contribution in [-0.2, 0) is 20.9 Å². The minimum Gasteiger partial charge on any atom is -0.497 e. The molecule has 2 fully saturated rings. The van der Waals surface area contributed by atoms with E-state index in [4.69, 9.17) is 14.2 Å². The Labute approximate surface area is 206 Å². The summed E-state index contributed by atoms with van der Waals surface area (Å²) in [4.78, 5) is 29.7. The zero-order valence-electron chi connectivity index (χ0n) is 20.2. The lowest BCUT2D eigenvalue weighted by molar-refractivity contribution is -0.147. The van der Waals surface area contributed by atoms with Crippen molar-refractivity contribution in [2.45, 2.75) is 50.5 Å². The second kappa shape index (κ2) is 12.0. The molecule has 8 heteroatoms. The van der Waals surface area contributed by atoms with Gasteiger partial charge in [-0.2, -0.15) is 0 Å². The van der Waals surface area contributed by atoms with Crippen LogP contribution < -0.4 is 9.47 Å². The zero-order chi connectivity index (χ0) is 24.6. The summed E-state index contributed by atoms with van der Waals surface area (Å²) in [5.41, 5.74) is 1.04. The average Bonchev–Trinajstić information content (AvgIpc) is 3.58. The molecular weight excluding hydrogens is 448 g/mol. The first-order chi connectivity index (χ1) is 17.1. The van der Waals surface area contributed by atoms with Gasteiger partial charge in [0.2, 0.25) is 5.91 Å². The van der Waals surface area contributed by atoms with Gasteiger partial charge < -0.3 is 29.1 Å². The van der Waals surface area contributed by atoms with E-state index in [0.717, 1.165) is 24.8 Å². The van der Waals surface area contributed by atoms with Crippen LogP contribution in [0, 0.1) is 0 Å². The van der Waals surface area contributed by atoms with Crippen LogP contribution in [0.25, 0.3) is 0 Å². The highest BCUT2D eigenvalue weighted by Gasteiger charge is 2.41. The number of aliphatic hydroxyl groups is 1. The molecule has 4 rings (SSSR count). The minimum absolute atomic E-state index is 0.0927. The Balaban J connectivity index is 1.30. The van der Waals surface area contributed by atoms with E-state index in [-0.39, 0.29) is 31.1 Å². The lowest BCUT2D eigenvalue weighted by atomic mass is 10.1. The molecule has 3 atom stereocenters. The Morgan fingerprint density at radius 1 is 0.971 bits per heavy atom. The van der Waals surface area contributed by atoms with E-state index >= 15 is 0 Å². The maximum absolute atomic E-state index is 13.4. The Morgan fingerprint density at radius 2 is 1.66 bits per heavy atom. The lowest BCUT2D eigenvalue weighted by Crippen LogP contribution is -2.53. The van der Waals surface area contributed by atoms with Gasteiger partial charge in [-0.1, -0.05) is 30.3 Å². The topological polar surface area (TPSA) is 88.5 Å². The number of likely N-dealkylation sites (tertiary alicyclic amines) is 2. The monoisotopic (exact) mass is 482 g/mol. The summed E-state index contributed by atoms with van der Waals surface area (Å²) in [7, 11) is 1.59. The smallest absolute Gasteiger partial charge is 0.261 e. The quantitative estimate of drug-likeness (QED) is 0.560. The van der Waals surface area contributed by atoms with E-state index in [0.29, 0.717) is 37.6 Å².